The molecule has 3 nitrogen and oxygen atoms in total. The molecule has 3 heteroatoms. The second-order valence-corrected chi connectivity index (χ2v) is 5.10. The molecule has 1 aromatic carbocycles. The Labute approximate surface area is 102 Å². The minimum atomic E-state index is 0.772. The first kappa shape index (κ1) is 11.1. The van der Waals surface area contributed by atoms with Crippen molar-refractivity contribution in [2.24, 2.45) is 11.8 Å². The molecular formula is C14H19NO2. The molecule has 2 saturated heterocycles. The van der Waals surface area contributed by atoms with Gasteiger partial charge in [-0.3, -0.25) is 4.90 Å². The highest BCUT2D eigenvalue weighted by Gasteiger charge is 2.36. The topological polar surface area (TPSA) is 21.7 Å². The maximum Gasteiger partial charge on any atom is 0.118 e. The van der Waals surface area contributed by atoms with E-state index in [2.05, 4.69) is 17.0 Å². The van der Waals surface area contributed by atoms with Gasteiger partial charge in [-0.2, -0.15) is 0 Å². The fourth-order valence-electron chi connectivity index (χ4n) is 2.90. The van der Waals surface area contributed by atoms with Crippen molar-refractivity contribution in [3.05, 3.63) is 29.8 Å². The van der Waals surface area contributed by atoms with Crippen molar-refractivity contribution in [3.63, 3.8) is 0 Å². The average Bonchev–Trinajstić information content (AvgIpc) is 2.90. The first-order valence-electron chi connectivity index (χ1n) is 6.28. The van der Waals surface area contributed by atoms with Gasteiger partial charge in [0.15, 0.2) is 0 Å². The SMILES string of the molecule is COc1ccc(CN2C[C@H]3COC[C@@H]3C2)cc1. The summed E-state index contributed by atoms with van der Waals surface area (Å²) in [7, 11) is 1.71. The zero-order chi connectivity index (χ0) is 11.7. The fourth-order valence-corrected chi connectivity index (χ4v) is 2.90. The Kier molecular flexibility index (Phi) is 3.04. The lowest BCUT2D eigenvalue weighted by atomic mass is 10.0. The molecule has 0 aliphatic carbocycles. The highest BCUT2D eigenvalue weighted by molar-refractivity contribution is 5.27. The second-order valence-electron chi connectivity index (χ2n) is 5.10. The molecule has 2 atom stereocenters. The molecule has 2 fully saturated rings. The molecule has 0 bridgehead atoms. The zero-order valence-corrected chi connectivity index (χ0v) is 10.3. The summed E-state index contributed by atoms with van der Waals surface area (Å²) in [6, 6.07) is 8.39. The van der Waals surface area contributed by atoms with Gasteiger partial charge in [0.1, 0.15) is 5.75 Å². The summed E-state index contributed by atoms with van der Waals surface area (Å²) in [5.41, 5.74) is 1.37. The van der Waals surface area contributed by atoms with Gasteiger partial charge in [-0.15, -0.1) is 0 Å². The third kappa shape index (κ3) is 2.31. The predicted molar refractivity (Wildman–Crippen MR) is 66.1 cm³/mol. The molecule has 2 aliphatic rings. The second kappa shape index (κ2) is 4.67. The number of hydrogen-bond acceptors (Lipinski definition) is 3. The molecule has 0 amide bonds. The van der Waals surface area contributed by atoms with E-state index in [0.717, 1.165) is 37.3 Å². The standard InChI is InChI=1S/C14H19NO2/c1-16-14-4-2-11(3-5-14)6-15-7-12-9-17-10-13(12)8-15/h2-5,12-13H,6-10H2,1H3/t12-,13-/m0/s1. The summed E-state index contributed by atoms with van der Waals surface area (Å²) in [6.07, 6.45) is 0. The van der Waals surface area contributed by atoms with E-state index < -0.39 is 0 Å². The lowest BCUT2D eigenvalue weighted by Gasteiger charge is -2.16. The third-order valence-electron chi connectivity index (χ3n) is 3.88. The van der Waals surface area contributed by atoms with Crippen LogP contribution in [0.2, 0.25) is 0 Å². The summed E-state index contributed by atoms with van der Waals surface area (Å²) in [4.78, 5) is 2.54. The van der Waals surface area contributed by atoms with Crippen molar-refractivity contribution in [1.29, 1.82) is 0 Å². The largest absolute Gasteiger partial charge is 0.497 e. The number of methoxy groups -OCH3 is 1. The van der Waals surface area contributed by atoms with Gasteiger partial charge in [0, 0.05) is 31.5 Å². The van der Waals surface area contributed by atoms with E-state index >= 15 is 0 Å². The van der Waals surface area contributed by atoms with E-state index in [1.807, 2.05) is 12.1 Å². The molecule has 0 spiro atoms. The van der Waals surface area contributed by atoms with Crippen molar-refractivity contribution in [3.8, 4) is 5.75 Å². The zero-order valence-electron chi connectivity index (χ0n) is 10.3. The summed E-state index contributed by atoms with van der Waals surface area (Å²) in [5, 5.41) is 0. The molecule has 3 rings (SSSR count). The van der Waals surface area contributed by atoms with Crippen LogP contribution in [-0.4, -0.2) is 38.3 Å². The minimum absolute atomic E-state index is 0.772. The van der Waals surface area contributed by atoms with E-state index in [0.29, 0.717) is 0 Å². The molecule has 2 heterocycles. The van der Waals surface area contributed by atoms with Gasteiger partial charge in [-0.1, -0.05) is 12.1 Å². The van der Waals surface area contributed by atoms with Crippen LogP contribution >= 0.6 is 0 Å². The molecule has 92 valence electrons. The number of nitrogens with zero attached hydrogens (tertiary/aromatic N) is 1. The van der Waals surface area contributed by atoms with Crippen molar-refractivity contribution in [2.45, 2.75) is 6.54 Å². The number of benzene rings is 1. The molecule has 0 saturated carbocycles. The van der Waals surface area contributed by atoms with Crippen LogP contribution in [0.25, 0.3) is 0 Å². The number of rotatable bonds is 3. The van der Waals surface area contributed by atoms with Crippen molar-refractivity contribution >= 4 is 0 Å². The minimum Gasteiger partial charge on any atom is -0.497 e. The van der Waals surface area contributed by atoms with Crippen LogP contribution in [0, 0.1) is 11.8 Å². The van der Waals surface area contributed by atoms with Crippen LogP contribution in [0.1, 0.15) is 5.56 Å². The predicted octanol–water partition coefficient (Wildman–Crippen LogP) is 1.77. The molecule has 17 heavy (non-hydrogen) atoms. The van der Waals surface area contributed by atoms with E-state index in [1.54, 1.807) is 7.11 Å². The smallest absolute Gasteiger partial charge is 0.118 e. The van der Waals surface area contributed by atoms with Crippen molar-refractivity contribution < 1.29 is 9.47 Å². The summed E-state index contributed by atoms with van der Waals surface area (Å²) in [5.74, 6) is 2.47. The molecular weight excluding hydrogens is 214 g/mol. The summed E-state index contributed by atoms with van der Waals surface area (Å²) >= 11 is 0. The highest BCUT2D eigenvalue weighted by Crippen LogP contribution is 2.30. The fraction of sp³-hybridized carbons (Fsp3) is 0.571. The van der Waals surface area contributed by atoms with Gasteiger partial charge in [0.2, 0.25) is 0 Å². The molecule has 0 radical (unpaired) electrons. The Morgan fingerprint density at radius 1 is 1.18 bits per heavy atom. The van der Waals surface area contributed by atoms with Gasteiger partial charge in [0.05, 0.1) is 20.3 Å². The molecule has 0 N–H and O–H groups in total. The van der Waals surface area contributed by atoms with Gasteiger partial charge >= 0.3 is 0 Å². The number of likely N-dealkylation sites (tertiary alicyclic amines) is 1. The third-order valence-corrected chi connectivity index (χ3v) is 3.88. The Balaban J connectivity index is 1.59. The van der Waals surface area contributed by atoms with Crippen LogP contribution < -0.4 is 4.74 Å². The maximum atomic E-state index is 5.50. The maximum absolute atomic E-state index is 5.50. The number of hydrogen-bond donors (Lipinski definition) is 0. The normalized spacial score (nSPS) is 28.3. The summed E-state index contributed by atoms with van der Waals surface area (Å²) < 4.78 is 10.7. The van der Waals surface area contributed by atoms with Crippen LogP contribution in [0.3, 0.4) is 0 Å². The van der Waals surface area contributed by atoms with E-state index in [4.69, 9.17) is 9.47 Å². The Morgan fingerprint density at radius 2 is 1.82 bits per heavy atom. The first-order chi connectivity index (χ1) is 8.35. The van der Waals surface area contributed by atoms with Crippen LogP contribution in [0.15, 0.2) is 24.3 Å². The van der Waals surface area contributed by atoms with Crippen LogP contribution in [0.5, 0.6) is 5.75 Å². The monoisotopic (exact) mass is 233 g/mol. The Hall–Kier alpha value is -1.06. The van der Waals surface area contributed by atoms with E-state index in [1.165, 1.54) is 18.7 Å². The molecule has 1 aromatic rings. The van der Waals surface area contributed by atoms with Gasteiger partial charge in [-0.05, 0) is 17.7 Å². The summed E-state index contributed by atoms with van der Waals surface area (Å²) in [6.45, 7) is 5.36. The number of ether oxygens (including phenoxy) is 2. The van der Waals surface area contributed by atoms with E-state index in [-0.39, 0.29) is 0 Å². The number of fused-ring (bicyclic) bond motifs is 1. The Bertz CT molecular complexity index is 364. The average molecular weight is 233 g/mol. The highest BCUT2D eigenvalue weighted by atomic mass is 16.5. The van der Waals surface area contributed by atoms with E-state index in [9.17, 15) is 0 Å². The van der Waals surface area contributed by atoms with Crippen LogP contribution in [-0.2, 0) is 11.3 Å². The van der Waals surface area contributed by atoms with Crippen molar-refractivity contribution in [1.82, 2.24) is 4.90 Å². The molecule has 0 aromatic heterocycles. The van der Waals surface area contributed by atoms with Gasteiger partial charge in [-0.25, -0.2) is 0 Å². The first-order valence-corrected chi connectivity index (χ1v) is 6.28. The van der Waals surface area contributed by atoms with Gasteiger partial charge in [0.25, 0.3) is 0 Å². The van der Waals surface area contributed by atoms with Crippen molar-refractivity contribution in [2.75, 3.05) is 33.4 Å². The quantitative estimate of drug-likeness (QED) is 0.794. The van der Waals surface area contributed by atoms with Crippen LogP contribution in [0.4, 0.5) is 0 Å². The lowest BCUT2D eigenvalue weighted by Crippen LogP contribution is -2.22. The molecule has 2 aliphatic heterocycles. The lowest BCUT2D eigenvalue weighted by molar-refractivity contribution is 0.153. The van der Waals surface area contributed by atoms with Gasteiger partial charge < -0.3 is 9.47 Å². The molecule has 0 unspecified atom stereocenters. The Morgan fingerprint density at radius 3 is 2.41 bits per heavy atom.